The van der Waals surface area contributed by atoms with E-state index >= 15 is 0 Å². The van der Waals surface area contributed by atoms with Crippen molar-refractivity contribution in [2.75, 3.05) is 17.4 Å². The summed E-state index contributed by atoms with van der Waals surface area (Å²) >= 11 is 9.97. The second-order valence-corrected chi connectivity index (χ2v) is 14.4. The fourth-order valence-electron chi connectivity index (χ4n) is 5.00. The van der Waals surface area contributed by atoms with Crippen molar-refractivity contribution in [3.63, 3.8) is 0 Å². The van der Waals surface area contributed by atoms with E-state index < -0.39 is 28.5 Å². The zero-order valence-electron chi connectivity index (χ0n) is 26.2. The zero-order valence-corrected chi connectivity index (χ0v) is 29.4. The van der Waals surface area contributed by atoms with Crippen LogP contribution in [0.15, 0.2) is 106 Å². The van der Waals surface area contributed by atoms with Crippen LogP contribution in [0.3, 0.4) is 0 Å². The van der Waals surface area contributed by atoms with Crippen LogP contribution in [-0.4, -0.2) is 44.3 Å². The number of nitrogens with one attached hydrogen (secondary N) is 1. The van der Waals surface area contributed by atoms with Gasteiger partial charge in [-0.3, -0.25) is 13.9 Å². The molecule has 0 radical (unpaired) electrons. The maximum absolute atomic E-state index is 14.6. The lowest BCUT2D eigenvalue weighted by molar-refractivity contribution is -0.140. The van der Waals surface area contributed by atoms with Gasteiger partial charge in [0.25, 0.3) is 10.0 Å². The first-order chi connectivity index (χ1) is 22.0. The van der Waals surface area contributed by atoms with E-state index in [0.29, 0.717) is 11.6 Å². The van der Waals surface area contributed by atoms with Crippen LogP contribution in [0.25, 0.3) is 0 Å². The molecule has 10 heteroatoms. The highest BCUT2D eigenvalue weighted by Gasteiger charge is 2.34. The van der Waals surface area contributed by atoms with Crippen molar-refractivity contribution in [2.45, 2.75) is 57.5 Å². The van der Waals surface area contributed by atoms with Crippen molar-refractivity contribution >= 4 is 55.1 Å². The van der Waals surface area contributed by atoms with Crippen LogP contribution in [-0.2, 0) is 32.6 Å². The molecule has 0 bridgehead atoms. The van der Waals surface area contributed by atoms with Crippen LogP contribution in [0.5, 0.6) is 0 Å². The molecule has 1 N–H and O–H groups in total. The highest BCUT2D eigenvalue weighted by atomic mass is 79.9. The first-order valence-corrected chi connectivity index (χ1v) is 17.8. The lowest BCUT2D eigenvalue weighted by Crippen LogP contribution is -2.53. The molecule has 0 saturated carbocycles. The number of halogens is 2. The van der Waals surface area contributed by atoms with Crippen molar-refractivity contribution in [1.29, 1.82) is 0 Å². The van der Waals surface area contributed by atoms with Crippen molar-refractivity contribution in [3.8, 4) is 0 Å². The summed E-state index contributed by atoms with van der Waals surface area (Å²) in [6.07, 6.45) is 1.94. The number of hydrogen-bond donors (Lipinski definition) is 1. The van der Waals surface area contributed by atoms with Crippen molar-refractivity contribution < 1.29 is 18.0 Å². The Labute approximate surface area is 285 Å². The molecular formula is C36H39BrClN3O4S. The molecule has 0 fully saturated rings. The summed E-state index contributed by atoms with van der Waals surface area (Å²) in [5.74, 6) is -0.828. The summed E-state index contributed by atoms with van der Waals surface area (Å²) in [5, 5.41) is 3.38. The van der Waals surface area contributed by atoms with E-state index in [1.807, 2.05) is 75.4 Å². The summed E-state index contributed by atoms with van der Waals surface area (Å²) in [5.41, 5.74) is 3.58. The third-order valence-electron chi connectivity index (χ3n) is 7.67. The van der Waals surface area contributed by atoms with E-state index in [4.69, 9.17) is 11.6 Å². The second-order valence-electron chi connectivity index (χ2n) is 11.3. The molecule has 46 heavy (non-hydrogen) atoms. The molecule has 4 rings (SSSR count). The summed E-state index contributed by atoms with van der Waals surface area (Å²) in [6, 6.07) is 27.5. The predicted molar refractivity (Wildman–Crippen MR) is 188 cm³/mol. The summed E-state index contributed by atoms with van der Waals surface area (Å²) in [6.45, 7) is 5.74. The quantitative estimate of drug-likeness (QED) is 0.137. The molecule has 7 nitrogen and oxygen atoms in total. The van der Waals surface area contributed by atoms with Gasteiger partial charge >= 0.3 is 0 Å². The molecule has 0 aromatic heterocycles. The Morgan fingerprint density at radius 1 is 0.891 bits per heavy atom. The van der Waals surface area contributed by atoms with Gasteiger partial charge in [-0.2, -0.15) is 0 Å². The smallest absolute Gasteiger partial charge is 0.264 e. The van der Waals surface area contributed by atoms with Gasteiger partial charge in [-0.05, 0) is 73.4 Å². The molecule has 0 unspecified atom stereocenters. The first-order valence-electron chi connectivity index (χ1n) is 15.2. The zero-order chi connectivity index (χ0) is 33.3. The normalized spacial score (nSPS) is 11.9. The minimum Gasteiger partial charge on any atom is -0.354 e. The molecule has 0 saturated heterocycles. The number of unbranched alkanes of at least 4 members (excludes halogenated alkanes) is 1. The Morgan fingerprint density at radius 3 is 2.24 bits per heavy atom. The number of hydrogen-bond acceptors (Lipinski definition) is 4. The monoisotopic (exact) mass is 723 g/mol. The number of amides is 2. The van der Waals surface area contributed by atoms with Crippen LogP contribution in [0, 0.1) is 13.8 Å². The van der Waals surface area contributed by atoms with E-state index in [1.165, 1.54) is 17.0 Å². The Morgan fingerprint density at radius 2 is 1.59 bits per heavy atom. The van der Waals surface area contributed by atoms with E-state index in [-0.39, 0.29) is 29.5 Å². The molecule has 0 spiro atoms. The van der Waals surface area contributed by atoms with Gasteiger partial charge < -0.3 is 10.2 Å². The first kappa shape index (κ1) is 35.2. The number of nitrogens with zero attached hydrogens (tertiary/aromatic N) is 2. The van der Waals surface area contributed by atoms with E-state index in [2.05, 4.69) is 21.2 Å². The number of sulfonamides is 1. The number of anilines is 1. The van der Waals surface area contributed by atoms with Crippen LogP contribution in [0.1, 0.15) is 42.0 Å². The molecule has 0 aliphatic heterocycles. The Hall–Kier alpha value is -3.66. The molecular weight excluding hydrogens is 686 g/mol. The maximum atomic E-state index is 14.6. The van der Waals surface area contributed by atoms with Crippen molar-refractivity contribution in [2.24, 2.45) is 0 Å². The van der Waals surface area contributed by atoms with Gasteiger partial charge in [0.2, 0.25) is 11.8 Å². The number of carbonyl (C=O) groups is 2. The van der Waals surface area contributed by atoms with Crippen molar-refractivity contribution in [3.05, 3.63) is 129 Å². The molecule has 242 valence electrons. The van der Waals surface area contributed by atoms with Gasteiger partial charge in [0, 0.05) is 29.0 Å². The van der Waals surface area contributed by atoms with Gasteiger partial charge in [-0.15, -0.1) is 0 Å². The topological polar surface area (TPSA) is 86.8 Å². The van der Waals surface area contributed by atoms with Gasteiger partial charge in [0.05, 0.1) is 10.6 Å². The summed E-state index contributed by atoms with van der Waals surface area (Å²) in [7, 11) is -4.21. The van der Waals surface area contributed by atoms with E-state index in [1.54, 1.807) is 30.3 Å². The van der Waals surface area contributed by atoms with Crippen LogP contribution < -0.4 is 9.62 Å². The summed E-state index contributed by atoms with van der Waals surface area (Å²) in [4.78, 5) is 29.9. The number of benzene rings is 4. The van der Waals surface area contributed by atoms with Gasteiger partial charge in [0.1, 0.15) is 12.6 Å². The average Bonchev–Trinajstić information content (AvgIpc) is 3.03. The Bertz CT molecular complexity index is 1750. The minimum atomic E-state index is -4.21. The van der Waals surface area contributed by atoms with E-state index in [9.17, 15) is 18.0 Å². The molecule has 0 heterocycles. The number of rotatable bonds is 14. The van der Waals surface area contributed by atoms with Crippen LogP contribution >= 0.6 is 27.5 Å². The Kier molecular flexibility index (Phi) is 12.4. The third kappa shape index (κ3) is 9.21. The minimum absolute atomic E-state index is 0.0410. The van der Waals surface area contributed by atoms with E-state index in [0.717, 1.165) is 43.9 Å². The molecule has 4 aromatic carbocycles. The fourth-order valence-corrected chi connectivity index (χ4v) is 7.02. The SMILES string of the molecule is CCCCNC(=O)[C@@H](Cc1ccccc1)N(Cc1cccc(Br)c1)C(=O)CN(c1ccc(C)c(Cl)c1)S(=O)(=O)c1ccc(C)cc1. The molecule has 4 aromatic rings. The van der Waals surface area contributed by atoms with Gasteiger partial charge in [-0.25, -0.2) is 8.42 Å². The second kappa shape index (κ2) is 16.3. The average molecular weight is 725 g/mol. The molecule has 0 aliphatic rings. The highest BCUT2D eigenvalue weighted by molar-refractivity contribution is 9.10. The maximum Gasteiger partial charge on any atom is 0.264 e. The van der Waals surface area contributed by atoms with Crippen LogP contribution in [0.2, 0.25) is 5.02 Å². The third-order valence-corrected chi connectivity index (χ3v) is 10.4. The largest absolute Gasteiger partial charge is 0.354 e. The van der Waals surface area contributed by atoms with Gasteiger partial charge in [-0.1, -0.05) is 107 Å². The highest BCUT2D eigenvalue weighted by Crippen LogP contribution is 2.29. The van der Waals surface area contributed by atoms with Gasteiger partial charge in [0.15, 0.2) is 0 Å². The number of carbonyl (C=O) groups excluding carboxylic acids is 2. The standard InChI is InChI=1S/C36H39BrClN3O4S/c1-4-5-20-39-36(43)34(22-28-10-7-6-8-11-28)40(24-29-12-9-13-30(37)21-29)35(42)25-41(31-17-16-27(3)33(38)23-31)46(44,45)32-18-14-26(2)15-19-32/h6-19,21,23,34H,4-5,20,22,24-25H2,1-3H3,(H,39,43)/t34-/m1/s1. The lowest BCUT2D eigenvalue weighted by atomic mass is 10.0. The molecule has 0 aliphatic carbocycles. The Balaban J connectivity index is 1.81. The molecule has 1 atom stereocenters. The predicted octanol–water partition coefficient (Wildman–Crippen LogP) is 7.47. The van der Waals surface area contributed by atoms with Crippen molar-refractivity contribution in [1.82, 2.24) is 10.2 Å². The lowest BCUT2D eigenvalue weighted by Gasteiger charge is -2.34. The number of aryl methyl sites for hydroxylation is 2. The fraction of sp³-hybridized carbons (Fsp3) is 0.278. The molecule has 2 amide bonds. The van der Waals surface area contributed by atoms with Crippen LogP contribution in [0.4, 0.5) is 5.69 Å². The summed E-state index contributed by atoms with van der Waals surface area (Å²) < 4.78 is 30.3.